The first-order valence-electron chi connectivity index (χ1n) is 24.2. The molecule has 0 bridgehead atoms. The van der Waals surface area contributed by atoms with Crippen molar-refractivity contribution in [2.75, 3.05) is 32.8 Å². The average Bonchev–Trinajstić information content (AvgIpc) is 3.15. The summed E-state index contributed by atoms with van der Waals surface area (Å²) >= 11 is 0. The quantitative estimate of drug-likeness (QED) is 0.0493. The van der Waals surface area contributed by atoms with Crippen molar-refractivity contribution < 1.29 is 24.2 Å². The second kappa shape index (κ2) is 37.4. The lowest BCUT2D eigenvalue weighted by Gasteiger charge is -2.40. The number of nitrogens with zero attached hydrogens (tertiary/aromatic N) is 1. The van der Waals surface area contributed by atoms with Crippen LogP contribution in [-0.2, 0) is 19.1 Å². The Morgan fingerprint density at radius 2 is 1.00 bits per heavy atom. The van der Waals surface area contributed by atoms with Crippen molar-refractivity contribution in [3.63, 3.8) is 0 Å². The summed E-state index contributed by atoms with van der Waals surface area (Å²) in [7, 11) is 0. The normalized spacial score (nSPS) is 13.8. The minimum absolute atomic E-state index is 0.0230. The second-order valence-corrected chi connectivity index (χ2v) is 17.2. The molecule has 6 nitrogen and oxygen atoms in total. The molecule has 0 unspecified atom stereocenters. The number of rotatable bonds is 42. The highest BCUT2D eigenvalue weighted by Crippen LogP contribution is 2.46. The fraction of sp³-hybridized carbons (Fsp3) is 0.958. The van der Waals surface area contributed by atoms with Gasteiger partial charge in [-0.05, 0) is 90.1 Å². The monoisotopic (exact) mass is 764 g/mol. The number of aliphatic hydroxyl groups is 1. The van der Waals surface area contributed by atoms with Crippen LogP contribution in [0.15, 0.2) is 0 Å². The molecule has 1 rings (SSSR count). The van der Waals surface area contributed by atoms with E-state index in [1.54, 1.807) is 0 Å². The van der Waals surface area contributed by atoms with Crippen LogP contribution >= 0.6 is 0 Å². The SMILES string of the molecule is CCCCCCCCCOC(=O)CCCCCCCN(CCCO)CCCCCCC1(C(=O)OC(CCCCCCCC)CCCCCCCC)CCC1. The molecule has 0 amide bonds. The third-order valence-electron chi connectivity index (χ3n) is 12.2. The smallest absolute Gasteiger partial charge is 0.312 e. The van der Waals surface area contributed by atoms with Crippen LogP contribution in [0.1, 0.15) is 252 Å². The summed E-state index contributed by atoms with van der Waals surface area (Å²) < 4.78 is 11.8. The molecular formula is C48H93NO5. The number of esters is 2. The first-order valence-corrected chi connectivity index (χ1v) is 24.2. The van der Waals surface area contributed by atoms with Gasteiger partial charge in [-0.3, -0.25) is 9.59 Å². The minimum atomic E-state index is -0.207. The maximum Gasteiger partial charge on any atom is 0.312 e. The first-order chi connectivity index (χ1) is 26.5. The topological polar surface area (TPSA) is 76.1 Å². The van der Waals surface area contributed by atoms with Crippen molar-refractivity contribution in [3.8, 4) is 0 Å². The summed E-state index contributed by atoms with van der Waals surface area (Å²) in [6, 6.07) is 0. The number of aliphatic hydroxyl groups excluding tert-OH is 1. The van der Waals surface area contributed by atoms with E-state index in [4.69, 9.17) is 9.47 Å². The molecule has 0 saturated heterocycles. The maximum atomic E-state index is 13.6. The van der Waals surface area contributed by atoms with Crippen molar-refractivity contribution in [1.82, 2.24) is 4.90 Å². The Kier molecular flexibility index (Phi) is 35.3. The van der Waals surface area contributed by atoms with Crippen LogP contribution in [0, 0.1) is 5.41 Å². The Bertz CT molecular complexity index is 814. The Labute approximate surface area is 336 Å². The van der Waals surface area contributed by atoms with Crippen molar-refractivity contribution >= 4 is 11.9 Å². The van der Waals surface area contributed by atoms with E-state index in [1.165, 1.54) is 161 Å². The number of unbranched alkanes of at least 4 members (excludes halogenated alkanes) is 23. The molecule has 0 aliphatic heterocycles. The lowest BCUT2D eigenvalue weighted by Crippen LogP contribution is -2.41. The van der Waals surface area contributed by atoms with E-state index in [0.717, 1.165) is 83.8 Å². The summed E-state index contributed by atoms with van der Waals surface area (Å²) in [4.78, 5) is 28.2. The summed E-state index contributed by atoms with van der Waals surface area (Å²) in [6.07, 6.45) is 42.2. The van der Waals surface area contributed by atoms with Gasteiger partial charge in [0.2, 0.25) is 0 Å². The van der Waals surface area contributed by atoms with Crippen molar-refractivity contribution in [2.24, 2.45) is 5.41 Å². The zero-order chi connectivity index (χ0) is 39.2. The molecule has 0 aromatic heterocycles. The third kappa shape index (κ3) is 28.3. The molecule has 0 aromatic rings. The number of ether oxygens (including phenoxy) is 2. The predicted molar refractivity (Wildman–Crippen MR) is 230 cm³/mol. The maximum absolute atomic E-state index is 13.6. The molecule has 0 radical (unpaired) electrons. The predicted octanol–water partition coefficient (Wildman–Crippen LogP) is 13.8. The molecule has 0 aromatic carbocycles. The van der Waals surface area contributed by atoms with Gasteiger partial charge in [0, 0.05) is 19.6 Å². The van der Waals surface area contributed by atoms with E-state index < -0.39 is 0 Å². The van der Waals surface area contributed by atoms with Gasteiger partial charge in [-0.25, -0.2) is 0 Å². The standard InChI is InChI=1S/C48H93NO5/c1-4-7-10-13-16-24-31-44-53-46(51)36-27-20-17-22-29-40-49(42-33-43-50)41-30-23-21-28-37-48(38-32-39-48)47(52)54-45(34-25-18-14-11-8-5-2)35-26-19-15-12-9-6-3/h45,50H,4-44H2,1-3H3. The van der Waals surface area contributed by atoms with Crippen LogP contribution in [0.5, 0.6) is 0 Å². The van der Waals surface area contributed by atoms with E-state index in [-0.39, 0.29) is 30.1 Å². The van der Waals surface area contributed by atoms with Crippen LogP contribution in [0.3, 0.4) is 0 Å². The zero-order valence-corrected chi connectivity index (χ0v) is 36.6. The fourth-order valence-electron chi connectivity index (χ4n) is 8.24. The van der Waals surface area contributed by atoms with Gasteiger partial charge in [0.1, 0.15) is 6.10 Å². The molecule has 1 fully saturated rings. The van der Waals surface area contributed by atoms with Crippen LogP contribution in [-0.4, -0.2) is 60.9 Å². The van der Waals surface area contributed by atoms with E-state index in [2.05, 4.69) is 25.7 Å². The average molecular weight is 764 g/mol. The van der Waals surface area contributed by atoms with Crippen LogP contribution < -0.4 is 0 Å². The zero-order valence-electron chi connectivity index (χ0n) is 36.6. The molecule has 1 saturated carbocycles. The Balaban J connectivity index is 2.27. The third-order valence-corrected chi connectivity index (χ3v) is 12.2. The molecule has 1 N–H and O–H groups in total. The second-order valence-electron chi connectivity index (χ2n) is 17.2. The summed E-state index contributed by atoms with van der Waals surface area (Å²) in [5.74, 6) is 0.106. The van der Waals surface area contributed by atoms with Gasteiger partial charge < -0.3 is 19.5 Å². The lowest BCUT2D eigenvalue weighted by atomic mass is 9.66. The van der Waals surface area contributed by atoms with Gasteiger partial charge in [0.15, 0.2) is 0 Å². The number of hydrogen-bond donors (Lipinski definition) is 1. The van der Waals surface area contributed by atoms with Crippen molar-refractivity contribution in [2.45, 2.75) is 258 Å². The lowest BCUT2D eigenvalue weighted by molar-refractivity contribution is -0.169. The largest absolute Gasteiger partial charge is 0.466 e. The van der Waals surface area contributed by atoms with E-state index in [0.29, 0.717) is 13.0 Å². The molecule has 1 aliphatic carbocycles. The Morgan fingerprint density at radius 3 is 1.50 bits per heavy atom. The number of carbonyl (C=O) groups is 2. The van der Waals surface area contributed by atoms with Crippen molar-refractivity contribution in [1.29, 1.82) is 0 Å². The molecular weight excluding hydrogens is 671 g/mol. The molecule has 6 heteroatoms. The first kappa shape index (κ1) is 50.9. The highest BCUT2D eigenvalue weighted by atomic mass is 16.5. The van der Waals surface area contributed by atoms with Gasteiger partial charge in [-0.2, -0.15) is 0 Å². The minimum Gasteiger partial charge on any atom is -0.466 e. The molecule has 0 atom stereocenters. The van der Waals surface area contributed by atoms with Gasteiger partial charge in [-0.1, -0.05) is 168 Å². The number of carbonyl (C=O) groups excluding carboxylic acids is 2. The summed E-state index contributed by atoms with van der Waals surface area (Å²) in [5.41, 5.74) is -0.207. The summed E-state index contributed by atoms with van der Waals surface area (Å²) in [6.45, 7) is 10.8. The van der Waals surface area contributed by atoms with Gasteiger partial charge in [0.05, 0.1) is 12.0 Å². The van der Waals surface area contributed by atoms with Crippen LogP contribution in [0.2, 0.25) is 0 Å². The highest BCUT2D eigenvalue weighted by Gasteiger charge is 2.45. The molecule has 54 heavy (non-hydrogen) atoms. The Morgan fingerprint density at radius 1 is 0.556 bits per heavy atom. The van der Waals surface area contributed by atoms with Crippen molar-refractivity contribution in [3.05, 3.63) is 0 Å². The van der Waals surface area contributed by atoms with Gasteiger partial charge in [-0.15, -0.1) is 0 Å². The Hall–Kier alpha value is -1.14. The highest BCUT2D eigenvalue weighted by molar-refractivity contribution is 5.78. The molecule has 0 spiro atoms. The van der Waals surface area contributed by atoms with Crippen LogP contribution in [0.25, 0.3) is 0 Å². The van der Waals surface area contributed by atoms with E-state index in [1.807, 2.05) is 0 Å². The van der Waals surface area contributed by atoms with Crippen LogP contribution in [0.4, 0.5) is 0 Å². The molecule has 320 valence electrons. The molecule has 0 heterocycles. The van der Waals surface area contributed by atoms with E-state index >= 15 is 0 Å². The van der Waals surface area contributed by atoms with Gasteiger partial charge >= 0.3 is 11.9 Å². The summed E-state index contributed by atoms with van der Waals surface area (Å²) in [5, 5.41) is 9.46. The fourth-order valence-corrected chi connectivity index (χ4v) is 8.24. The van der Waals surface area contributed by atoms with E-state index in [9.17, 15) is 14.7 Å². The molecule has 1 aliphatic rings. The van der Waals surface area contributed by atoms with Gasteiger partial charge in [0.25, 0.3) is 0 Å². The number of hydrogen-bond acceptors (Lipinski definition) is 6.